The van der Waals surface area contributed by atoms with E-state index in [2.05, 4.69) is 10.3 Å². The van der Waals surface area contributed by atoms with Crippen molar-refractivity contribution in [1.82, 2.24) is 9.55 Å². The van der Waals surface area contributed by atoms with E-state index in [1.807, 2.05) is 6.07 Å². The Morgan fingerprint density at radius 1 is 1.21 bits per heavy atom. The van der Waals surface area contributed by atoms with Gasteiger partial charge >= 0.3 is 5.69 Å². The minimum atomic E-state index is -1.37. The highest BCUT2D eigenvalue weighted by molar-refractivity contribution is 5.72. The highest BCUT2D eigenvalue weighted by Crippen LogP contribution is 2.40. The summed E-state index contributed by atoms with van der Waals surface area (Å²) in [6.07, 6.45) is -3.46. The summed E-state index contributed by atoms with van der Waals surface area (Å²) in [4.78, 5) is 16.2. The molecule has 2 aromatic rings. The van der Waals surface area contributed by atoms with Crippen LogP contribution in [0.2, 0.25) is 0 Å². The molecule has 0 radical (unpaired) electrons. The summed E-state index contributed by atoms with van der Waals surface area (Å²) in [6, 6.07) is 7.17. The lowest BCUT2D eigenvalue weighted by molar-refractivity contribution is -0.0551. The van der Waals surface area contributed by atoms with Crippen molar-refractivity contribution in [2.45, 2.75) is 24.5 Å². The van der Waals surface area contributed by atoms with Gasteiger partial charge in [0.1, 0.15) is 18.3 Å². The highest BCUT2D eigenvalue weighted by atomic mass is 16.6. The van der Waals surface area contributed by atoms with Crippen LogP contribution in [0.4, 0.5) is 11.5 Å². The molecule has 3 heterocycles. The Bertz CT molecular complexity index is 838. The molecule has 0 saturated carbocycles. The van der Waals surface area contributed by atoms with Gasteiger partial charge in [0.2, 0.25) is 0 Å². The molecule has 4 unspecified atom stereocenters. The van der Waals surface area contributed by atoms with Crippen LogP contribution in [0.5, 0.6) is 11.5 Å². The molecule has 0 aliphatic carbocycles. The van der Waals surface area contributed by atoms with Gasteiger partial charge in [-0.25, -0.2) is 4.79 Å². The third kappa shape index (κ3) is 2.26. The van der Waals surface area contributed by atoms with Crippen molar-refractivity contribution in [3.8, 4) is 11.5 Å². The number of aromatic nitrogens is 2. The predicted octanol–water partition coefficient (Wildman–Crippen LogP) is -0.296. The Morgan fingerprint density at radius 2 is 2.00 bits per heavy atom. The van der Waals surface area contributed by atoms with Crippen LogP contribution in [0.1, 0.15) is 6.23 Å². The zero-order valence-electron chi connectivity index (χ0n) is 12.4. The molecular formula is C15H15N3O6. The first-order valence-electron chi connectivity index (χ1n) is 7.38. The zero-order valence-corrected chi connectivity index (χ0v) is 12.4. The van der Waals surface area contributed by atoms with Crippen LogP contribution >= 0.6 is 0 Å². The van der Waals surface area contributed by atoms with Crippen LogP contribution in [0.25, 0.3) is 0 Å². The number of aliphatic hydroxyl groups is 3. The number of rotatable bonds is 2. The molecule has 0 amide bonds. The largest absolute Gasteiger partial charge is 0.450 e. The van der Waals surface area contributed by atoms with Gasteiger partial charge in [0, 0.05) is 0 Å². The van der Waals surface area contributed by atoms with Crippen molar-refractivity contribution in [1.29, 1.82) is 0 Å². The fraction of sp³-hybridized carbons (Fsp3) is 0.333. The van der Waals surface area contributed by atoms with Crippen molar-refractivity contribution in [2.75, 3.05) is 11.9 Å². The first-order valence-corrected chi connectivity index (χ1v) is 7.38. The maximum Gasteiger partial charge on any atom is 0.351 e. The monoisotopic (exact) mass is 333 g/mol. The van der Waals surface area contributed by atoms with E-state index >= 15 is 0 Å². The van der Waals surface area contributed by atoms with Crippen molar-refractivity contribution in [3.05, 3.63) is 40.9 Å². The molecule has 0 bridgehead atoms. The molecule has 9 nitrogen and oxygen atoms in total. The lowest BCUT2D eigenvalue weighted by Crippen LogP contribution is -2.36. The molecule has 4 rings (SSSR count). The van der Waals surface area contributed by atoms with E-state index in [9.17, 15) is 15.0 Å². The second kappa shape index (κ2) is 5.56. The fourth-order valence-corrected chi connectivity index (χ4v) is 2.81. The summed E-state index contributed by atoms with van der Waals surface area (Å²) in [5, 5.41) is 32.1. The molecule has 2 aliphatic rings. The number of hydrogen-bond acceptors (Lipinski definition) is 8. The predicted molar refractivity (Wildman–Crippen MR) is 81.3 cm³/mol. The number of benzene rings is 1. The highest BCUT2D eigenvalue weighted by Gasteiger charge is 2.44. The minimum Gasteiger partial charge on any atom is -0.450 e. The number of fused-ring (bicyclic) bond motifs is 2. The SMILES string of the molecule is O=c1nc2c(cn1C1OC(CO)C(O)C1O)Oc1ccccc1N2. The normalized spacial score (nSPS) is 27.8. The van der Waals surface area contributed by atoms with Crippen molar-refractivity contribution < 1.29 is 24.8 Å². The number of hydrogen-bond donors (Lipinski definition) is 4. The molecular weight excluding hydrogens is 318 g/mol. The molecule has 1 saturated heterocycles. The quantitative estimate of drug-likeness (QED) is 0.504. The van der Waals surface area contributed by atoms with E-state index < -0.39 is 36.8 Å². The number of nitrogens with zero attached hydrogens (tertiary/aromatic N) is 2. The molecule has 1 aromatic heterocycles. The molecule has 2 aliphatic heterocycles. The van der Waals surface area contributed by atoms with Gasteiger partial charge in [-0.15, -0.1) is 0 Å². The van der Waals surface area contributed by atoms with Gasteiger partial charge in [-0.1, -0.05) is 12.1 Å². The Balaban J connectivity index is 1.72. The maximum absolute atomic E-state index is 12.3. The van der Waals surface area contributed by atoms with Crippen LogP contribution in [0.15, 0.2) is 35.3 Å². The summed E-state index contributed by atoms with van der Waals surface area (Å²) in [5.74, 6) is 1.10. The Hall–Kier alpha value is -2.46. The summed E-state index contributed by atoms with van der Waals surface area (Å²) in [5.41, 5.74) is 0.00152. The standard InChI is InChI=1S/C15H15N3O6/c19-6-10-11(20)12(21)14(24-10)18-5-9-13(17-15(18)22)16-7-3-1-2-4-8(7)23-9/h1-5,10-12,14,19-21H,6H2,(H,16,17,22). The van der Waals surface area contributed by atoms with Crippen molar-refractivity contribution in [2.24, 2.45) is 0 Å². The van der Waals surface area contributed by atoms with Gasteiger partial charge in [0.05, 0.1) is 18.5 Å². The summed E-state index contributed by atoms with van der Waals surface area (Å²) in [7, 11) is 0. The van der Waals surface area contributed by atoms with Gasteiger partial charge in [0.25, 0.3) is 0 Å². The third-order valence-corrected chi connectivity index (χ3v) is 4.07. The smallest absolute Gasteiger partial charge is 0.351 e. The first kappa shape index (κ1) is 15.1. The molecule has 24 heavy (non-hydrogen) atoms. The number of anilines is 2. The van der Waals surface area contributed by atoms with E-state index in [0.29, 0.717) is 11.4 Å². The molecule has 1 aromatic carbocycles. The van der Waals surface area contributed by atoms with Crippen LogP contribution in [-0.4, -0.2) is 49.8 Å². The van der Waals surface area contributed by atoms with Gasteiger partial charge in [0.15, 0.2) is 23.5 Å². The van der Waals surface area contributed by atoms with Gasteiger partial charge in [-0.05, 0) is 12.1 Å². The minimum absolute atomic E-state index is 0.252. The third-order valence-electron chi connectivity index (χ3n) is 4.07. The van der Waals surface area contributed by atoms with Crippen LogP contribution in [-0.2, 0) is 4.74 Å². The Morgan fingerprint density at radius 3 is 2.75 bits per heavy atom. The molecule has 9 heteroatoms. The summed E-state index contributed by atoms with van der Waals surface area (Å²) in [6.45, 7) is -0.479. The summed E-state index contributed by atoms with van der Waals surface area (Å²) < 4.78 is 12.1. The lowest BCUT2D eigenvalue weighted by Gasteiger charge is -2.23. The van der Waals surface area contributed by atoms with Crippen LogP contribution in [0.3, 0.4) is 0 Å². The number of ether oxygens (including phenoxy) is 2. The molecule has 0 spiro atoms. The van der Waals surface area contributed by atoms with Crippen molar-refractivity contribution in [3.63, 3.8) is 0 Å². The van der Waals surface area contributed by atoms with E-state index in [1.54, 1.807) is 18.2 Å². The lowest BCUT2D eigenvalue weighted by atomic mass is 10.1. The van der Waals surface area contributed by atoms with Gasteiger partial charge in [-0.2, -0.15) is 4.98 Å². The molecule has 126 valence electrons. The number of nitrogens with one attached hydrogen (secondary N) is 1. The zero-order chi connectivity index (χ0) is 16.8. The second-order valence-corrected chi connectivity index (χ2v) is 5.60. The van der Waals surface area contributed by atoms with Gasteiger partial charge in [-0.3, -0.25) is 4.57 Å². The Kier molecular flexibility index (Phi) is 3.50. The second-order valence-electron chi connectivity index (χ2n) is 5.60. The summed E-state index contributed by atoms with van der Waals surface area (Å²) >= 11 is 0. The average Bonchev–Trinajstić information content (AvgIpc) is 2.87. The number of para-hydroxylation sites is 2. The van der Waals surface area contributed by atoms with Crippen molar-refractivity contribution >= 4 is 11.5 Å². The van der Waals surface area contributed by atoms with E-state index in [1.165, 1.54) is 6.20 Å². The van der Waals surface area contributed by atoms with Crippen LogP contribution < -0.4 is 15.7 Å². The van der Waals surface area contributed by atoms with E-state index in [-0.39, 0.29) is 11.6 Å². The number of aliphatic hydroxyl groups excluding tert-OH is 3. The van der Waals surface area contributed by atoms with Gasteiger partial charge < -0.3 is 30.1 Å². The molecule has 1 fully saturated rings. The fourth-order valence-electron chi connectivity index (χ4n) is 2.81. The van der Waals surface area contributed by atoms with Crippen LogP contribution in [0, 0.1) is 0 Å². The molecule has 4 N–H and O–H groups in total. The maximum atomic E-state index is 12.3. The Labute approximate surface area is 135 Å². The molecule has 4 atom stereocenters. The van der Waals surface area contributed by atoms with E-state index in [4.69, 9.17) is 14.6 Å². The topological polar surface area (TPSA) is 126 Å². The average molecular weight is 333 g/mol. The van der Waals surface area contributed by atoms with E-state index in [0.717, 1.165) is 4.57 Å². The first-order chi connectivity index (χ1) is 11.6.